The van der Waals surface area contributed by atoms with Gasteiger partial charge in [-0.05, 0) is 33.6 Å². The normalized spacial score (nSPS) is 24.4. The first-order chi connectivity index (χ1) is 8.56. The quantitative estimate of drug-likeness (QED) is 0.882. The van der Waals surface area contributed by atoms with E-state index in [-0.39, 0.29) is 6.10 Å². The van der Waals surface area contributed by atoms with Crippen LogP contribution in [0.15, 0.2) is 12.3 Å². The van der Waals surface area contributed by atoms with Gasteiger partial charge in [-0.15, -0.1) is 0 Å². The van der Waals surface area contributed by atoms with Crippen molar-refractivity contribution < 1.29 is 4.74 Å². The first-order valence-electron chi connectivity index (χ1n) is 6.58. The largest absolute Gasteiger partial charge is 0.475 e. The molecule has 2 heterocycles. The Morgan fingerprint density at radius 3 is 2.94 bits per heavy atom. The van der Waals surface area contributed by atoms with E-state index in [2.05, 4.69) is 21.8 Å². The van der Waals surface area contributed by atoms with E-state index in [9.17, 15) is 0 Å². The number of nitrogens with two attached hydrogens (primary N) is 1. The van der Waals surface area contributed by atoms with Crippen molar-refractivity contribution in [1.82, 2.24) is 9.97 Å². The Hall–Kier alpha value is -1.36. The number of aromatic nitrogens is 2. The molecule has 1 aliphatic rings. The summed E-state index contributed by atoms with van der Waals surface area (Å²) in [5.74, 6) is 1.38. The summed E-state index contributed by atoms with van der Waals surface area (Å²) in [6.07, 6.45) is 3.85. The smallest absolute Gasteiger partial charge is 0.228 e. The zero-order valence-corrected chi connectivity index (χ0v) is 11.3. The monoisotopic (exact) mass is 250 g/mol. The molecule has 2 N–H and O–H groups in total. The van der Waals surface area contributed by atoms with Crippen LogP contribution in [0.5, 0.6) is 5.88 Å². The van der Waals surface area contributed by atoms with Crippen LogP contribution >= 0.6 is 0 Å². The maximum absolute atomic E-state index is 5.97. The average molecular weight is 250 g/mol. The molecule has 1 aromatic rings. The number of hydrogen-bond acceptors (Lipinski definition) is 5. The van der Waals surface area contributed by atoms with Crippen molar-refractivity contribution in [2.24, 2.45) is 5.73 Å². The molecule has 1 saturated heterocycles. The minimum Gasteiger partial charge on any atom is -0.475 e. The minimum atomic E-state index is 0.125. The molecule has 0 aliphatic carbocycles. The molecule has 2 unspecified atom stereocenters. The highest BCUT2D eigenvalue weighted by Crippen LogP contribution is 2.22. The third-order valence-corrected chi connectivity index (χ3v) is 3.15. The Bertz CT molecular complexity index is 396. The Kier molecular flexibility index (Phi) is 4.01. The van der Waals surface area contributed by atoms with Crippen molar-refractivity contribution in [3.63, 3.8) is 0 Å². The lowest BCUT2D eigenvalue weighted by atomic mass is 10.00. The van der Waals surface area contributed by atoms with Crippen molar-refractivity contribution in [3.05, 3.63) is 12.3 Å². The zero-order chi connectivity index (χ0) is 13.1. The molecule has 1 aromatic heterocycles. The first kappa shape index (κ1) is 13.1. The summed E-state index contributed by atoms with van der Waals surface area (Å²) in [6.45, 7) is 7.06. The molecular weight excluding hydrogens is 228 g/mol. The third kappa shape index (κ3) is 3.10. The van der Waals surface area contributed by atoms with Crippen LogP contribution in [0.2, 0.25) is 0 Å². The summed E-state index contributed by atoms with van der Waals surface area (Å²) in [5.41, 5.74) is 5.97. The van der Waals surface area contributed by atoms with E-state index in [0.717, 1.165) is 25.3 Å². The molecule has 1 fully saturated rings. The second-order valence-electron chi connectivity index (χ2n) is 5.19. The van der Waals surface area contributed by atoms with Gasteiger partial charge in [0.25, 0.3) is 0 Å². The molecule has 0 spiro atoms. The van der Waals surface area contributed by atoms with Gasteiger partial charge >= 0.3 is 0 Å². The van der Waals surface area contributed by atoms with Crippen molar-refractivity contribution >= 4 is 5.95 Å². The third-order valence-electron chi connectivity index (χ3n) is 3.15. The molecule has 100 valence electrons. The Morgan fingerprint density at radius 1 is 1.50 bits per heavy atom. The highest BCUT2D eigenvalue weighted by molar-refractivity contribution is 5.34. The highest BCUT2D eigenvalue weighted by atomic mass is 16.5. The fourth-order valence-electron chi connectivity index (χ4n) is 2.28. The van der Waals surface area contributed by atoms with E-state index < -0.39 is 0 Å². The van der Waals surface area contributed by atoms with E-state index in [1.807, 2.05) is 13.8 Å². The lowest BCUT2D eigenvalue weighted by Gasteiger charge is -2.36. The molecule has 1 aliphatic heterocycles. The van der Waals surface area contributed by atoms with E-state index in [0.29, 0.717) is 18.0 Å². The van der Waals surface area contributed by atoms with Gasteiger partial charge in [-0.3, -0.25) is 0 Å². The van der Waals surface area contributed by atoms with Crippen LogP contribution in [-0.4, -0.2) is 34.7 Å². The number of piperidine rings is 1. The summed E-state index contributed by atoms with van der Waals surface area (Å²) in [6, 6.07) is 2.47. The topological polar surface area (TPSA) is 64.3 Å². The highest BCUT2D eigenvalue weighted by Gasteiger charge is 2.25. The fourth-order valence-corrected chi connectivity index (χ4v) is 2.28. The molecule has 0 aromatic carbocycles. The molecule has 0 saturated carbocycles. The standard InChI is InChI=1S/C13H22N4O/c1-9(2)18-12-4-6-15-13(16-12)17-7-5-11(14)8-10(17)3/h4,6,9-11H,5,7-8,14H2,1-3H3. The Morgan fingerprint density at radius 2 is 2.28 bits per heavy atom. The van der Waals surface area contributed by atoms with Crippen LogP contribution in [0.3, 0.4) is 0 Å². The molecular formula is C13H22N4O. The average Bonchev–Trinajstić information content (AvgIpc) is 2.28. The predicted octanol–water partition coefficient (Wildman–Crippen LogP) is 1.58. The molecule has 18 heavy (non-hydrogen) atoms. The molecule has 0 amide bonds. The number of hydrogen-bond donors (Lipinski definition) is 1. The lowest BCUT2D eigenvalue weighted by Crippen LogP contribution is -2.46. The molecule has 0 radical (unpaired) electrons. The predicted molar refractivity (Wildman–Crippen MR) is 71.8 cm³/mol. The van der Waals surface area contributed by atoms with Crippen LogP contribution in [-0.2, 0) is 0 Å². The van der Waals surface area contributed by atoms with Crippen molar-refractivity contribution in [2.45, 2.75) is 51.8 Å². The Labute approximate surface area is 108 Å². The number of anilines is 1. The van der Waals surface area contributed by atoms with Crippen molar-refractivity contribution in [1.29, 1.82) is 0 Å². The van der Waals surface area contributed by atoms with Gasteiger partial charge in [0.15, 0.2) is 0 Å². The van der Waals surface area contributed by atoms with E-state index in [1.165, 1.54) is 0 Å². The zero-order valence-electron chi connectivity index (χ0n) is 11.3. The summed E-state index contributed by atoms with van der Waals surface area (Å²) in [4.78, 5) is 11.0. The molecule has 2 atom stereocenters. The Balaban J connectivity index is 2.12. The van der Waals surface area contributed by atoms with E-state index in [4.69, 9.17) is 10.5 Å². The van der Waals surface area contributed by atoms with E-state index in [1.54, 1.807) is 12.3 Å². The number of rotatable bonds is 3. The summed E-state index contributed by atoms with van der Waals surface area (Å²) in [7, 11) is 0. The first-order valence-corrected chi connectivity index (χ1v) is 6.58. The second kappa shape index (κ2) is 5.52. The fraction of sp³-hybridized carbons (Fsp3) is 0.692. The second-order valence-corrected chi connectivity index (χ2v) is 5.19. The molecule has 5 heteroatoms. The molecule has 0 bridgehead atoms. The van der Waals surface area contributed by atoms with Gasteiger partial charge in [-0.2, -0.15) is 4.98 Å². The van der Waals surface area contributed by atoms with Crippen molar-refractivity contribution in [2.75, 3.05) is 11.4 Å². The van der Waals surface area contributed by atoms with E-state index >= 15 is 0 Å². The van der Waals surface area contributed by atoms with Crippen LogP contribution in [0.1, 0.15) is 33.6 Å². The van der Waals surface area contributed by atoms with Crippen molar-refractivity contribution in [3.8, 4) is 5.88 Å². The van der Waals surface area contributed by atoms with Crippen LogP contribution in [0.4, 0.5) is 5.95 Å². The number of ether oxygens (including phenoxy) is 1. The lowest BCUT2D eigenvalue weighted by molar-refractivity contribution is 0.232. The van der Waals surface area contributed by atoms with Gasteiger partial charge in [0.1, 0.15) is 0 Å². The molecule has 2 rings (SSSR count). The van der Waals surface area contributed by atoms with Gasteiger partial charge in [0.05, 0.1) is 6.10 Å². The summed E-state index contributed by atoms with van der Waals surface area (Å²) in [5, 5.41) is 0. The maximum Gasteiger partial charge on any atom is 0.228 e. The van der Waals surface area contributed by atoms with Gasteiger partial charge in [-0.25, -0.2) is 4.98 Å². The van der Waals surface area contributed by atoms with Gasteiger partial charge in [0, 0.05) is 30.9 Å². The van der Waals surface area contributed by atoms with Gasteiger partial charge in [-0.1, -0.05) is 0 Å². The van der Waals surface area contributed by atoms with Crippen LogP contribution in [0.25, 0.3) is 0 Å². The van der Waals surface area contributed by atoms with Gasteiger partial charge in [0.2, 0.25) is 11.8 Å². The SMILES string of the molecule is CC(C)Oc1ccnc(N2CCC(N)CC2C)n1. The molecule has 5 nitrogen and oxygen atoms in total. The summed E-state index contributed by atoms with van der Waals surface area (Å²) >= 11 is 0. The minimum absolute atomic E-state index is 0.125. The summed E-state index contributed by atoms with van der Waals surface area (Å²) < 4.78 is 5.60. The van der Waals surface area contributed by atoms with Gasteiger partial charge < -0.3 is 15.4 Å². The number of nitrogens with zero attached hydrogens (tertiary/aromatic N) is 3. The van der Waals surface area contributed by atoms with Crippen LogP contribution < -0.4 is 15.4 Å². The maximum atomic E-state index is 5.97. The van der Waals surface area contributed by atoms with Crippen LogP contribution in [0, 0.1) is 0 Å².